The minimum absolute atomic E-state index is 0.0643. The van der Waals surface area contributed by atoms with E-state index in [4.69, 9.17) is 4.74 Å². The van der Waals surface area contributed by atoms with Gasteiger partial charge in [0.15, 0.2) is 0 Å². The minimum atomic E-state index is -0.0643. The van der Waals surface area contributed by atoms with Crippen LogP contribution in [0.15, 0.2) is 42.0 Å². The number of fused-ring (bicyclic) bond motifs is 1. The van der Waals surface area contributed by atoms with E-state index in [9.17, 15) is 4.79 Å². The molecule has 2 aromatic rings. The van der Waals surface area contributed by atoms with Crippen LogP contribution in [0.2, 0.25) is 0 Å². The summed E-state index contributed by atoms with van der Waals surface area (Å²) in [4.78, 5) is 11.6. The van der Waals surface area contributed by atoms with E-state index in [-0.39, 0.29) is 5.91 Å². The molecule has 0 unspecified atom stereocenters. The van der Waals surface area contributed by atoms with E-state index in [1.807, 2.05) is 42.5 Å². The number of benzene rings is 2. The number of hydrogen-bond donors (Lipinski definition) is 2. The fraction of sp³-hybridized carbons (Fsp3) is 0.133. The number of hydrogen-bond acceptors (Lipinski definition) is 3. The number of nitrogens with one attached hydrogen (secondary N) is 2. The first-order valence-corrected chi connectivity index (χ1v) is 6.08. The Bertz CT molecular complexity index is 677. The molecule has 1 fully saturated rings. The number of ether oxygens (including phenoxy) is 1. The van der Waals surface area contributed by atoms with E-state index >= 15 is 0 Å². The van der Waals surface area contributed by atoms with Gasteiger partial charge in [0, 0.05) is 12.1 Å². The summed E-state index contributed by atoms with van der Waals surface area (Å²) in [5.74, 6) is 0.767. The lowest BCUT2D eigenvalue weighted by Crippen LogP contribution is -2.25. The standard InChI is InChI=1S/C15H14N2O2/c1-19-13-5-6-14-10(3-2-4-11(14)8-13)7-12-9-16-17-15(12)18/h2-8,16H,9H2,1H3,(H,17,18)/b12-7+. The van der Waals surface area contributed by atoms with E-state index < -0.39 is 0 Å². The first-order valence-electron chi connectivity index (χ1n) is 6.08. The van der Waals surface area contributed by atoms with E-state index in [0.29, 0.717) is 6.54 Å². The van der Waals surface area contributed by atoms with Crippen LogP contribution in [-0.4, -0.2) is 19.6 Å². The van der Waals surface area contributed by atoms with Crippen molar-refractivity contribution in [2.45, 2.75) is 0 Å². The molecule has 1 aliphatic rings. The molecule has 4 heteroatoms. The minimum Gasteiger partial charge on any atom is -0.497 e. The van der Waals surface area contributed by atoms with Crippen LogP contribution in [0.1, 0.15) is 5.56 Å². The molecule has 2 N–H and O–H groups in total. The zero-order valence-corrected chi connectivity index (χ0v) is 10.6. The molecule has 1 heterocycles. The molecule has 0 spiro atoms. The maximum absolute atomic E-state index is 11.6. The van der Waals surface area contributed by atoms with Crippen molar-refractivity contribution in [3.63, 3.8) is 0 Å². The number of amides is 1. The Kier molecular flexibility index (Phi) is 2.93. The van der Waals surface area contributed by atoms with Crippen LogP contribution in [0.3, 0.4) is 0 Å². The van der Waals surface area contributed by atoms with Gasteiger partial charge in [0.05, 0.1) is 7.11 Å². The van der Waals surface area contributed by atoms with E-state index in [0.717, 1.165) is 27.7 Å². The normalized spacial score (nSPS) is 16.9. The largest absolute Gasteiger partial charge is 0.497 e. The van der Waals surface area contributed by atoms with Crippen LogP contribution < -0.4 is 15.6 Å². The zero-order chi connectivity index (χ0) is 13.2. The highest BCUT2D eigenvalue weighted by molar-refractivity contribution is 6.02. The Morgan fingerprint density at radius 1 is 1.26 bits per heavy atom. The quantitative estimate of drug-likeness (QED) is 0.804. The Morgan fingerprint density at radius 2 is 2.16 bits per heavy atom. The van der Waals surface area contributed by atoms with Gasteiger partial charge >= 0.3 is 0 Å². The van der Waals surface area contributed by atoms with Crippen LogP contribution in [-0.2, 0) is 4.79 Å². The summed E-state index contributed by atoms with van der Waals surface area (Å²) in [6.45, 7) is 0.547. The molecule has 2 aromatic carbocycles. The maximum Gasteiger partial charge on any atom is 0.262 e. The Morgan fingerprint density at radius 3 is 2.89 bits per heavy atom. The summed E-state index contributed by atoms with van der Waals surface area (Å²) in [7, 11) is 1.65. The first-order chi connectivity index (χ1) is 9.28. The lowest BCUT2D eigenvalue weighted by molar-refractivity contribution is -0.116. The van der Waals surface area contributed by atoms with Gasteiger partial charge in [0.1, 0.15) is 5.75 Å². The van der Waals surface area contributed by atoms with Crippen LogP contribution in [0.5, 0.6) is 5.75 Å². The van der Waals surface area contributed by atoms with Crippen molar-refractivity contribution in [2.24, 2.45) is 0 Å². The summed E-state index contributed by atoms with van der Waals surface area (Å²) in [6, 6.07) is 12.0. The molecule has 4 nitrogen and oxygen atoms in total. The van der Waals surface area contributed by atoms with E-state index in [1.54, 1.807) is 7.11 Å². The van der Waals surface area contributed by atoms with Crippen molar-refractivity contribution in [1.82, 2.24) is 10.9 Å². The van der Waals surface area contributed by atoms with Gasteiger partial charge in [-0.15, -0.1) is 0 Å². The van der Waals surface area contributed by atoms with Crippen molar-refractivity contribution >= 4 is 22.8 Å². The second-order valence-corrected chi connectivity index (χ2v) is 4.41. The van der Waals surface area contributed by atoms with Crippen LogP contribution in [0.4, 0.5) is 0 Å². The molecule has 1 amide bonds. The van der Waals surface area contributed by atoms with Crippen molar-refractivity contribution < 1.29 is 9.53 Å². The highest BCUT2D eigenvalue weighted by Gasteiger charge is 2.15. The molecule has 3 rings (SSSR count). The van der Waals surface area contributed by atoms with Crippen molar-refractivity contribution in [3.05, 3.63) is 47.5 Å². The SMILES string of the molecule is COc1ccc2c(/C=C3\CNNC3=O)cccc2c1. The van der Waals surface area contributed by atoms with Gasteiger partial charge in [-0.2, -0.15) is 0 Å². The van der Waals surface area contributed by atoms with Gasteiger partial charge in [-0.1, -0.05) is 24.3 Å². The van der Waals surface area contributed by atoms with Crippen molar-refractivity contribution in [3.8, 4) is 5.75 Å². The lowest BCUT2D eigenvalue weighted by Gasteiger charge is -2.05. The van der Waals surface area contributed by atoms with E-state index in [1.165, 1.54) is 0 Å². The molecular weight excluding hydrogens is 240 g/mol. The lowest BCUT2D eigenvalue weighted by atomic mass is 10.0. The third-order valence-corrected chi connectivity index (χ3v) is 3.22. The number of hydrazine groups is 1. The smallest absolute Gasteiger partial charge is 0.262 e. The summed E-state index contributed by atoms with van der Waals surface area (Å²) in [5, 5.41) is 2.20. The molecule has 19 heavy (non-hydrogen) atoms. The molecule has 1 aliphatic heterocycles. The number of rotatable bonds is 2. The highest BCUT2D eigenvalue weighted by Crippen LogP contribution is 2.25. The molecular formula is C15H14N2O2. The zero-order valence-electron chi connectivity index (χ0n) is 10.6. The molecule has 0 bridgehead atoms. The molecule has 0 atom stereocenters. The second kappa shape index (κ2) is 4.74. The summed E-state index contributed by atoms with van der Waals surface area (Å²) < 4.78 is 5.22. The van der Waals surface area contributed by atoms with Gasteiger partial charge in [0.2, 0.25) is 0 Å². The molecule has 96 valence electrons. The fourth-order valence-electron chi connectivity index (χ4n) is 2.22. The van der Waals surface area contributed by atoms with Crippen LogP contribution >= 0.6 is 0 Å². The Hall–Kier alpha value is -2.33. The highest BCUT2D eigenvalue weighted by atomic mass is 16.5. The number of carbonyl (C=O) groups is 1. The van der Waals surface area contributed by atoms with E-state index in [2.05, 4.69) is 10.9 Å². The average molecular weight is 254 g/mol. The van der Waals surface area contributed by atoms with Crippen molar-refractivity contribution in [2.75, 3.05) is 13.7 Å². The fourth-order valence-corrected chi connectivity index (χ4v) is 2.22. The van der Waals surface area contributed by atoms with Gasteiger partial charge in [-0.25, -0.2) is 5.43 Å². The monoisotopic (exact) mass is 254 g/mol. The van der Waals surface area contributed by atoms with Gasteiger partial charge in [-0.3, -0.25) is 10.2 Å². The molecule has 0 saturated carbocycles. The molecule has 0 aromatic heterocycles. The third kappa shape index (κ3) is 2.18. The predicted octanol–water partition coefficient (Wildman–Crippen LogP) is 1.87. The molecule has 0 radical (unpaired) electrons. The summed E-state index contributed by atoms with van der Waals surface area (Å²) >= 11 is 0. The average Bonchev–Trinajstić information content (AvgIpc) is 2.84. The molecule has 0 aliphatic carbocycles. The first kappa shape index (κ1) is 11.7. The topological polar surface area (TPSA) is 50.4 Å². The Labute approximate surface area is 111 Å². The number of carbonyl (C=O) groups excluding carboxylic acids is 1. The predicted molar refractivity (Wildman–Crippen MR) is 74.6 cm³/mol. The van der Waals surface area contributed by atoms with Crippen LogP contribution in [0, 0.1) is 0 Å². The second-order valence-electron chi connectivity index (χ2n) is 4.41. The summed E-state index contributed by atoms with van der Waals surface area (Å²) in [5.41, 5.74) is 7.18. The number of methoxy groups -OCH3 is 1. The van der Waals surface area contributed by atoms with Crippen LogP contribution in [0.25, 0.3) is 16.8 Å². The van der Waals surface area contributed by atoms with Gasteiger partial charge in [-0.05, 0) is 34.5 Å². The van der Waals surface area contributed by atoms with Crippen molar-refractivity contribution in [1.29, 1.82) is 0 Å². The Balaban J connectivity index is 2.11. The maximum atomic E-state index is 11.6. The molecule has 1 saturated heterocycles. The summed E-state index contributed by atoms with van der Waals surface area (Å²) in [6.07, 6.45) is 1.92. The van der Waals surface area contributed by atoms with Gasteiger partial charge in [0.25, 0.3) is 5.91 Å². The third-order valence-electron chi connectivity index (χ3n) is 3.22. The van der Waals surface area contributed by atoms with Gasteiger partial charge < -0.3 is 4.74 Å².